The second-order valence-electron chi connectivity index (χ2n) is 5.74. The Morgan fingerprint density at radius 2 is 1.96 bits per heavy atom. The average molecular weight is 356 g/mol. The number of benzene rings is 1. The highest BCUT2D eigenvalue weighted by Gasteiger charge is 2.27. The molecule has 0 aliphatic carbocycles. The third-order valence-electron chi connectivity index (χ3n) is 4.18. The Morgan fingerprint density at radius 3 is 2.58 bits per heavy atom. The minimum absolute atomic E-state index is 0. The molecule has 7 heteroatoms. The fourth-order valence-corrected chi connectivity index (χ4v) is 2.79. The number of carbonyl (C=O) groups excluding carboxylic acids is 2. The van der Waals surface area contributed by atoms with Crippen molar-refractivity contribution in [1.29, 1.82) is 0 Å². The molecule has 1 fully saturated rings. The van der Waals surface area contributed by atoms with Gasteiger partial charge in [0.1, 0.15) is 5.75 Å². The van der Waals surface area contributed by atoms with Crippen molar-refractivity contribution in [3.05, 3.63) is 24.3 Å². The van der Waals surface area contributed by atoms with Gasteiger partial charge < -0.3 is 20.7 Å². The van der Waals surface area contributed by atoms with Gasteiger partial charge in [-0.15, -0.1) is 12.4 Å². The van der Waals surface area contributed by atoms with E-state index in [2.05, 4.69) is 5.32 Å². The predicted octanol–water partition coefficient (Wildman–Crippen LogP) is 2.03. The van der Waals surface area contributed by atoms with E-state index < -0.39 is 0 Å². The molecule has 1 aliphatic heterocycles. The van der Waals surface area contributed by atoms with E-state index in [4.69, 9.17) is 10.5 Å². The number of para-hydroxylation sites is 2. The number of piperidine rings is 1. The summed E-state index contributed by atoms with van der Waals surface area (Å²) >= 11 is 0. The molecule has 0 saturated carbocycles. The lowest BCUT2D eigenvalue weighted by Gasteiger charge is -2.31. The van der Waals surface area contributed by atoms with Crippen LogP contribution in [-0.2, 0) is 9.59 Å². The number of nitrogens with one attached hydrogen (secondary N) is 1. The summed E-state index contributed by atoms with van der Waals surface area (Å²) in [5.74, 6) is 0.705. The Balaban J connectivity index is 0.00000288. The van der Waals surface area contributed by atoms with E-state index in [0.29, 0.717) is 56.8 Å². The highest BCUT2D eigenvalue weighted by Crippen LogP contribution is 2.25. The van der Waals surface area contributed by atoms with Crippen molar-refractivity contribution < 1.29 is 14.3 Å². The lowest BCUT2D eigenvalue weighted by molar-refractivity contribution is -0.134. The zero-order valence-electron chi connectivity index (χ0n) is 14.0. The molecule has 0 unspecified atom stereocenters. The normalized spacial score (nSPS) is 14.7. The van der Waals surface area contributed by atoms with Crippen molar-refractivity contribution in [2.75, 3.05) is 32.1 Å². The van der Waals surface area contributed by atoms with Crippen LogP contribution in [0.5, 0.6) is 5.75 Å². The van der Waals surface area contributed by atoms with Gasteiger partial charge in [0.2, 0.25) is 11.8 Å². The molecule has 2 amide bonds. The van der Waals surface area contributed by atoms with Crippen molar-refractivity contribution in [1.82, 2.24) is 4.90 Å². The third-order valence-corrected chi connectivity index (χ3v) is 4.18. The zero-order chi connectivity index (χ0) is 16.7. The molecule has 0 aromatic heterocycles. The number of nitrogens with zero attached hydrogens (tertiary/aromatic N) is 1. The maximum atomic E-state index is 12.4. The molecule has 2 rings (SSSR count). The van der Waals surface area contributed by atoms with Crippen LogP contribution in [0.3, 0.4) is 0 Å². The molecule has 0 bridgehead atoms. The molecule has 24 heavy (non-hydrogen) atoms. The van der Waals surface area contributed by atoms with Gasteiger partial charge in [-0.3, -0.25) is 9.59 Å². The number of carbonyl (C=O) groups is 2. The van der Waals surface area contributed by atoms with E-state index in [0.717, 1.165) is 0 Å². The number of hydrogen-bond acceptors (Lipinski definition) is 4. The van der Waals surface area contributed by atoms with Crippen LogP contribution in [0.1, 0.15) is 25.7 Å². The SMILES string of the molecule is COc1ccccc1NC(=O)C1CCN(C(=O)CCCN)CC1.Cl. The summed E-state index contributed by atoms with van der Waals surface area (Å²) in [5.41, 5.74) is 6.11. The van der Waals surface area contributed by atoms with Crippen molar-refractivity contribution in [2.24, 2.45) is 11.7 Å². The van der Waals surface area contributed by atoms with E-state index in [9.17, 15) is 9.59 Å². The summed E-state index contributed by atoms with van der Waals surface area (Å²) < 4.78 is 5.24. The number of amides is 2. The van der Waals surface area contributed by atoms with Gasteiger partial charge in [-0.1, -0.05) is 12.1 Å². The van der Waals surface area contributed by atoms with Crippen LogP contribution < -0.4 is 15.8 Å². The van der Waals surface area contributed by atoms with E-state index in [1.54, 1.807) is 7.11 Å². The van der Waals surface area contributed by atoms with E-state index in [1.807, 2.05) is 29.2 Å². The second-order valence-corrected chi connectivity index (χ2v) is 5.74. The van der Waals surface area contributed by atoms with Gasteiger partial charge in [0.25, 0.3) is 0 Å². The molecule has 1 aromatic rings. The molecule has 3 N–H and O–H groups in total. The molecular formula is C17H26ClN3O3. The standard InChI is InChI=1S/C17H25N3O3.ClH/c1-23-15-6-3-2-5-14(15)19-17(22)13-8-11-20(12-9-13)16(21)7-4-10-18;/h2-3,5-6,13H,4,7-12,18H2,1H3,(H,19,22);1H. The van der Waals surface area contributed by atoms with Gasteiger partial charge >= 0.3 is 0 Å². The Hall–Kier alpha value is -1.79. The number of nitrogens with two attached hydrogens (primary N) is 1. The fraction of sp³-hybridized carbons (Fsp3) is 0.529. The average Bonchev–Trinajstić information content (AvgIpc) is 2.60. The zero-order valence-corrected chi connectivity index (χ0v) is 14.8. The molecule has 1 saturated heterocycles. The number of methoxy groups -OCH3 is 1. The second kappa shape index (κ2) is 10.2. The van der Waals surface area contributed by atoms with Gasteiger partial charge in [0, 0.05) is 25.4 Å². The number of hydrogen-bond donors (Lipinski definition) is 2. The van der Waals surface area contributed by atoms with Gasteiger partial charge in [-0.25, -0.2) is 0 Å². The first-order valence-corrected chi connectivity index (χ1v) is 8.07. The molecule has 0 radical (unpaired) electrons. The lowest BCUT2D eigenvalue weighted by Crippen LogP contribution is -2.41. The first kappa shape index (κ1) is 20.3. The first-order chi connectivity index (χ1) is 11.2. The summed E-state index contributed by atoms with van der Waals surface area (Å²) in [6.45, 7) is 1.80. The van der Waals surface area contributed by atoms with Crippen molar-refractivity contribution >= 4 is 29.9 Å². The summed E-state index contributed by atoms with van der Waals surface area (Å²) in [6.07, 6.45) is 2.59. The molecule has 6 nitrogen and oxygen atoms in total. The lowest BCUT2D eigenvalue weighted by atomic mass is 9.95. The Kier molecular flexibility index (Phi) is 8.57. The van der Waals surface area contributed by atoms with Crippen molar-refractivity contribution in [3.8, 4) is 5.75 Å². The monoisotopic (exact) mass is 355 g/mol. The van der Waals surface area contributed by atoms with E-state index in [-0.39, 0.29) is 30.1 Å². The molecule has 134 valence electrons. The number of ether oxygens (including phenoxy) is 1. The van der Waals surface area contributed by atoms with Crippen LogP contribution in [-0.4, -0.2) is 43.5 Å². The predicted molar refractivity (Wildman–Crippen MR) is 96.5 cm³/mol. The summed E-state index contributed by atoms with van der Waals surface area (Å²) in [4.78, 5) is 26.2. The van der Waals surface area contributed by atoms with E-state index >= 15 is 0 Å². The quantitative estimate of drug-likeness (QED) is 0.817. The topological polar surface area (TPSA) is 84.7 Å². The van der Waals surface area contributed by atoms with Gasteiger partial charge in [-0.05, 0) is 37.9 Å². The largest absolute Gasteiger partial charge is 0.495 e. The summed E-state index contributed by atoms with van der Waals surface area (Å²) in [6, 6.07) is 7.35. The van der Waals surface area contributed by atoms with Crippen LogP contribution in [0, 0.1) is 5.92 Å². The van der Waals surface area contributed by atoms with Crippen molar-refractivity contribution in [2.45, 2.75) is 25.7 Å². The Bertz CT molecular complexity index is 546. The number of likely N-dealkylation sites (tertiary alicyclic amines) is 1. The van der Waals surface area contributed by atoms with Gasteiger partial charge in [0.15, 0.2) is 0 Å². The molecule has 1 aliphatic rings. The Morgan fingerprint density at radius 1 is 1.29 bits per heavy atom. The summed E-state index contributed by atoms with van der Waals surface area (Å²) in [5, 5.41) is 2.93. The molecule has 0 spiro atoms. The van der Waals surface area contributed by atoms with Gasteiger partial charge in [0.05, 0.1) is 12.8 Å². The summed E-state index contributed by atoms with van der Waals surface area (Å²) in [7, 11) is 1.58. The Labute approximate surface area is 149 Å². The van der Waals surface area contributed by atoms with Crippen molar-refractivity contribution in [3.63, 3.8) is 0 Å². The smallest absolute Gasteiger partial charge is 0.227 e. The van der Waals surface area contributed by atoms with Crippen LogP contribution in [0.4, 0.5) is 5.69 Å². The third kappa shape index (κ3) is 5.39. The maximum absolute atomic E-state index is 12.4. The van der Waals surface area contributed by atoms with Crippen LogP contribution >= 0.6 is 12.4 Å². The highest BCUT2D eigenvalue weighted by atomic mass is 35.5. The highest BCUT2D eigenvalue weighted by molar-refractivity contribution is 5.94. The first-order valence-electron chi connectivity index (χ1n) is 8.07. The van der Waals surface area contributed by atoms with E-state index in [1.165, 1.54) is 0 Å². The minimum atomic E-state index is -0.0709. The molecule has 1 heterocycles. The maximum Gasteiger partial charge on any atom is 0.227 e. The minimum Gasteiger partial charge on any atom is -0.495 e. The van der Waals surface area contributed by atoms with Crippen LogP contribution in [0.15, 0.2) is 24.3 Å². The number of halogens is 1. The number of rotatable bonds is 6. The molecule has 1 aromatic carbocycles. The van der Waals surface area contributed by atoms with Gasteiger partial charge in [-0.2, -0.15) is 0 Å². The fourth-order valence-electron chi connectivity index (χ4n) is 2.79. The number of anilines is 1. The molecular weight excluding hydrogens is 330 g/mol. The van der Waals surface area contributed by atoms with Crippen LogP contribution in [0.25, 0.3) is 0 Å². The molecule has 0 atom stereocenters. The van der Waals surface area contributed by atoms with Crippen LogP contribution in [0.2, 0.25) is 0 Å².